The van der Waals surface area contributed by atoms with Crippen LogP contribution < -0.4 is 21.9 Å². The molecule has 3 aromatic rings. The zero-order chi connectivity index (χ0) is 25.8. The maximum Gasteiger partial charge on any atom is 0.326 e. The van der Waals surface area contributed by atoms with Crippen LogP contribution in [-0.2, 0) is 16.0 Å². The van der Waals surface area contributed by atoms with Crippen molar-refractivity contribution in [3.8, 4) is 0 Å². The number of aromatic amines is 2. The number of aliphatic carboxylic acids is 1. The van der Waals surface area contributed by atoms with E-state index in [1.54, 1.807) is 30.3 Å². The van der Waals surface area contributed by atoms with Crippen molar-refractivity contribution < 1.29 is 19.5 Å². The van der Waals surface area contributed by atoms with Gasteiger partial charge in [0.25, 0.3) is 11.5 Å². The van der Waals surface area contributed by atoms with Crippen molar-refractivity contribution in [2.24, 2.45) is 0 Å². The Bertz CT molecular complexity index is 1290. The van der Waals surface area contributed by atoms with Gasteiger partial charge in [0.15, 0.2) is 0 Å². The minimum atomic E-state index is -1.21. The molecule has 0 aliphatic carbocycles. The fourth-order valence-corrected chi connectivity index (χ4v) is 3.50. The third-order valence-electron chi connectivity index (χ3n) is 5.81. The molecule has 0 spiro atoms. The number of nitrogen functional groups attached to an aromatic ring is 1. The number of amides is 2. The van der Waals surface area contributed by atoms with E-state index in [-0.39, 0.29) is 30.2 Å². The minimum absolute atomic E-state index is 0.0201. The average molecular weight is 483 g/mol. The highest BCUT2D eigenvalue weighted by Crippen LogP contribution is 2.15. The second-order valence-corrected chi connectivity index (χ2v) is 9.07. The van der Waals surface area contributed by atoms with Gasteiger partial charge in [-0.2, -0.15) is 4.98 Å². The Morgan fingerprint density at radius 3 is 2.49 bits per heavy atom. The number of hydrogen-bond donors (Lipinski definition) is 6. The summed E-state index contributed by atoms with van der Waals surface area (Å²) in [7, 11) is 0. The molecule has 186 valence electrons. The number of carbonyl (C=O) groups excluding carboxylic acids is 2. The third kappa shape index (κ3) is 6.69. The van der Waals surface area contributed by atoms with E-state index in [0.29, 0.717) is 23.0 Å². The van der Waals surface area contributed by atoms with E-state index in [2.05, 4.69) is 25.6 Å². The van der Waals surface area contributed by atoms with Gasteiger partial charge in [0.2, 0.25) is 11.9 Å². The highest BCUT2D eigenvalue weighted by Gasteiger charge is 2.24. The first-order valence-corrected chi connectivity index (χ1v) is 11.3. The molecule has 0 fully saturated rings. The lowest BCUT2D eigenvalue weighted by molar-refractivity contribution is -0.139. The van der Waals surface area contributed by atoms with Crippen molar-refractivity contribution >= 4 is 34.8 Å². The summed E-state index contributed by atoms with van der Waals surface area (Å²) < 4.78 is 0. The van der Waals surface area contributed by atoms with Gasteiger partial charge in [-0.3, -0.25) is 14.4 Å². The Morgan fingerprint density at radius 1 is 1.17 bits per heavy atom. The number of fused-ring (bicyclic) bond motifs is 1. The number of carbonyl (C=O) groups is 3. The number of H-pyrrole nitrogens is 2. The Hall–Kier alpha value is -4.15. The number of nitrogens with zero attached hydrogens (tertiary/aromatic N) is 1. The van der Waals surface area contributed by atoms with Gasteiger partial charge in [-0.05, 0) is 50.5 Å². The van der Waals surface area contributed by atoms with Crippen molar-refractivity contribution in [3.63, 3.8) is 0 Å². The Morgan fingerprint density at radius 2 is 1.86 bits per heavy atom. The van der Waals surface area contributed by atoms with Gasteiger partial charge < -0.3 is 31.4 Å². The van der Waals surface area contributed by atoms with E-state index in [4.69, 9.17) is 5.73 Å². The summed E-state index contributed by atoms with van der Waals surface area (Å²) in [6, 6.07) is 7.16. The van der Waals surface area contributed by atoms with Crippen LogP contribution in [0.5, 0.6) is 0 Å². The molecule has 0 bridgehead atoms. The summed E-state index contributed by atoms with van der Waals surface area (Å²) in [6.07, 6.45) is 1.15. The van der Waals surface area contributed by atoms with Crippen LogP contribution in [0.2, 0.25) is 0 Å². The van der Waals surface area contributed by atoms with Crippen LogP contribution in [0.1, 0.15) is 61.6 Å². The minimum Gasteiger partial charge on any atom is -0.480 e. The molecule has 1 aromatic carbocycles. The molecule has 0 saturated heterocycles. The Kier molecular flexibility index (Phi) is 7.58. The van der Waals surface area contributed by atoms with Crippen molar-refractivity contribution in [2.75, 3.05) is 5.73 Å². The van der Waals surface area contributed by atoms with Crippen molar-refractivity contribution in [2.45, 2.75) is 58.0 Å². The monoisotopic (exact) mass is 482 g/mol. The molecule has 0 aliphatic heterocycles. The van der Waals surface area contributed by atoms with Gasteiger partial charge in [0.05, 0.1) is 5.39 Å². The lowest BCUT2D eigenvalue weighted by atomic mass is 10.0. The van der Waals surface area contributed by atoms with E-state index >= 15 is 0 Å². The van der Waals surface area contributed by atoms with Crippen LogP contribution in [0.3, 0.4) is 0 Å². The van der Waals surface area contributed by atoms with E-state index in [1.165, 1.54) is 0 Å². The standard InChI is InChI=1S/C24H30N6O5/c1-4-24(2,3)30-18(31)10-9-17(22(34)35)27-20(32)14-7-5-13(6-8-14)11-15-12-16-19(26-15)28-23(25)29-21(16)33/h5-8,12,17H,4,9-11H2,1-3H3,(H,27,32)(H,30,31)(H,34,35)(H4,25,26,28,29,33)/t17-/m0/s1. The van der Waals surface area contributed by atoms with Crippen LogP contribution in [0.4, 0.5) is 5.95 Å². The number of carboxylic acid groups (broad SMARTS) is 1. The summed E-state index contributed by atoms with van der Waals surface area (Å²) in [5.74, 6) is -1.99. The molecule has 1 atom stereocenters. The Labute approximate surface area is 201 Å². The second-order valence-electron chi connectivity index (χ2n) is 9.07. The van der Waals surface area contributed by atoms with Gasteiger partial charge in [-0.1, -0.05) is 19.1 Å². The predicted octanol–water partition coefficient (Wildman–Crippen LogP) is 1.69. The number of carboxylic acids is 1. The molecule has 11 nitrogen and oxygen atoms in total. The number of aromatic nitrogens is 3. The largest absolute Gasteiger partial charge is 0.480 e. The smallest absolute Gasteiger partial charge is 0.326 e. The van der Waals surface area contributed by atoms with Gasteiger partial charge in [-0.25, -0.2) is 4.79 Å². The maximum absolute atomic E-state index is 12.6. The summed E-state index contributed by atoms with van der Waals surface area (Å²) in [4.78, 5) is 57.8. The lowest BCUT2D eigenvalue weighted by Crippen LogP contribution is -2.45. The first kappa shape index (κ1) is 25.5. The first-order chi connectivity index (χ1) is 16.5. The van der Waals surface area contributed by atoms with Gasteiger partial charge in [0.1, 0.15) is 11.7 Å². The molecule has 0 unspecified atom stereocenters. The fourth-order valence-electron chi connectivity index (χ4n) is 3.50. The SMILES string of the molecule is CCC(C)(C)NC(=O)CC[C@H](NC(=O)c1ccc(Cc2cc3c(=O)nc(N)[nH]c3[nH]2)cc1)C(=O)O. The molecule has 3 rings (SSSR count). The number of anilines is 1. The predicted molar refractivity (Wildman–Crippen MR) is 131 cm³/mol. The van der Waals surface area contributed by atoms with Gasteiger partial charge >= 0.3 is 5.97 Å². The molecular formula is C24H30N6O5. The molecule has 2 heterocycles. The van der Waals surface area contributed by atoms with E-state index < -0.39 is 23.5 Å². The zero-order valence-electron chi connectivity index (χ0n) is 19.9. The summed E-state index contributed by atoms with van der Waals surface area (Å²) >= 11 is 0. The number of hydrogen-bond acceptors (Lipinski definition) is 6. The molecule has 2 aromatic heterocycles. The van der Waals surface area contributed by atoms with Crippen LogP contribution in [0.15, 0.2) is 35.1 Å². The summed E-state index contributed by atoms with van der Waals surface area (Å²) in [5, 5.41) is 15.2. The van der Waals surface area contributed by atoms with E-state index in [9.17, 15) is 24.3 Å². The van der Waals surface area contributed by atoms with Crippen molar-refractivity contribution in [3.05, 3.63) is 57.5 Å². The third-order valence-corrected chi connectivity index (χ3v) is 5.81. The molecule has 7 N–H and O–H groups in total. The van der Waals surface area contributed by atoms with Crippen molar-refractivity contribution in [1.82, 2.24) is 25.6 Å². The zero-order valence-corrected chi connectivity index (χ0v) is 19.9. The van der Waals surface area contributed by atoms with Crippen LogP contribution in [0.25, 0.3) is 11.0 Å². The fraction of sp³-hybridized carbons (Fsp3) is 0.375. The van der Waals surface area contributed by atoms with Crippen molar-refractivity contribution in [1.29, 1.82) is 0 Å². The molecule has 0 radical (unpaired) electrons. The number of nitrogens with one attached hydrogen (secondary N) is 4. The van der Waals surface area contributed by atoms with Crippen LogP contribution in [-0.4, -0.2) is 49.4 Å². The van der Waals surface area contributed by atoms with E-state index in [0.717, 1.165) is 17.7 Å². The van der Waals surface area contributed by atoms with E-state index in [1.807, 2.05) is 20.8 Å². The highest BCUT2D eigenvalue weighted by atomic mass is 16.4. The molecular weight excluding hydrogens is 452 g/mol. The molecule has 2 amide bonds. The van der Waals surface area contributed by atoms with Gasteiger partial charge in [0, 0.05) is 29.6 Å². The Balaban J connectivity index is 1.61. The number of nitrogens with two attached hydrogens (primary N) is 1. The first-order valence-electron chi connectivity index (χ1n) is 11.3. The van der Waals surface area contributed by atoms with Crippen LogP contribution in [0, 0.1) is 0 Å². The lowest BCUT2D eigenvalue weighted by Gasteiger charge is -2.25. The molecule has 0 saturated carbocycles. The molecule has 0 aliphatic rings. The topological polar surface area (TPSA) is 183 Å². The number of rotatable bonds is 10. The van der Waals surface area contributed by atoms with Crippen LogP contribution >= 0.6 is 0 Å². The highest BCUT2D eigenvalue weighted by molar-refractivity contribution is 5.96. The normalized spacial score (nSPS) is 12.3. The number of benzene rings is 1. The molecule has 35 heavy (non-hydrogen) atoms. The van der Waals surface area contributed by atoms with Gasteiger partial charge in [-0.15, -0.1) is 0 Å². The average Bonchev–Trinajstić information content (AvgIpc) is 3.19. The quantitative estimate of drug-likeness (QED) is 0.254. The summed E-state index contributed by atoms with van der Waals surface area (Å²) in [6.45, 7) is 5.71. The maximum atomic E-state index is 12.6. The molecule has 11 heteroatoms. The summed E-state index contributed by atoms with van der Waals surface area (Å²) in [5.41, 5.74) is 7.16. The second kappa shape index (κ2) is 10.4.